The number of aryl methyl sites for hydroxylation is 2. The number of benzene rings is 1. The summed E-state index contributed by atoms with van der Waals surface area (Å²) in [6.45, 7) is 4.73. The summed E-state index contributed by atoms with van der Waals surface area (Å²) in [5.74, 6) is 0.832. The van der Waals surface area contributed by atoms with E-state index in [2.05, 4.69) is 41.5 Å². The summed E-state index contributed by atoms with van der Waals surface area (Å²) in [6.07, 6.45) is 8.36. The van der Waals surface area contributed by atoms with Crippen molar-refractivity contribution in [1.82, 2.24) is 10.2 Å². The Labute approximate surface area is 182 Å². The van der Waals surface area contributed by atoms with Crippen LogP contribution in [0, 0.1) is 19.8 Å². The monoisotopic (exact) mass is 426 g/mol. The minimum Gasteiger partial charge on any atom is -0.312 e. The van der Waals surface area contributed by atoms with E-state index in [0.717, 1.165) is 17.1 Å². The van der Waals surface area contributed by atoms with Crippen LogP contribution >= 0.6 is 11.3 Å². The van der Waals surface area contributed by atoms with E-state index >= 15 is 0 Å². The number of amides is 2. The SMILES string of the molecule is Cc1ccc(N2CC(c3nnc(NC(=O)CCC4CCCCC4)s3)CC2=O)cc1C. The van der Waals surface area contributed by atoms with E-state index in [0.29, 0.717) is 30.4 Å². The van der Waals surface area contributed by atoms with Crippen LogP contribution < -0.4 is 10.2 Å². The average Bonchev–Trinajstić information content (AvgIpc) is 3.36. The zero-order valence-corrected chi connectivity index (χ0v) is 18.6. The first-order valence-corrected chi connectivity index (χ1v) is 11.8. The molecule has 1 unspecified atom stereocenters. The Morgan fingerprint density at radius 1 is 1.17 bits per heavy atom. The molecule has 2 amide bonds. The van der Waals surface area contributed by atoms with Gasteiger partial charge in [0.15, 0.2) is 0 Å². The van der Waals surface area contributed by atoms with Gasteiger partial charge in [0.2, 0.25) is 16.9 Å². The molecule has 2 aromatic rings. The molecule has 1 aliphatic carbocycles. The summed E-state index contributed by atoms with van der Waals surface area (Å²) in [4.78, 5) is 26.7. The van der Waals surface area contributed by atoms with E-state index in [1.54, 1.807) is 0 Å². The third-order valence-corrected chi connectivity index (χ3v) is 7.47. The lowest BCUT2D eigenvalue weighted by molar-refractivity contribution is -0.117. The molecule has 1 atom stereocenters. The molecule has 1 aliphatic heterocycles. The topological polar surface area (TPSA) is 75.2 Å². The van der Waals surface area contributed by atoms with Crippen LogP contribution in [-0.4, -0.2) is 28.6 Å². The van der Waals surface area contributed by atoms with Crippen molar-refractivity contribution < 1.29 is 9.59 Å². The molecule has 2 aliphatic rings. The van der Waals surface area contributed by atoms with Gasteiger partial charge in [-0.05, 0) is 49.4 Å². The number of nitrogens with zero attached hydrogens (tertiary/aromatic N) is 3. The summed E-state index contributed by atoms with van der Waals surface area (Å²) < 4.78 is 0. The Bertz CT molecular complexity index is 920. The van der Waals surface area contributed by atoms with Crippen LogP contribution in [0.5, 0.6) is 0 Å². The molecule has 1 saturated carbocycles. The van der Waals surface area contributed by atoms with Gasteiger partial charge < -0.3 is 10.2 Å². The third-order valence-electron chi connectivity index (χ3n) is 6.47. The lowest BCUT2D eigenvalue weighted by Crippen LogP contribution is -2.24. The molecule has 1 aromatic heterocycles. The highest BCUT2D eigenvalue weighted by Gasteiger charge is 2.34. The molecule has 160 valence electrons. The van der Waals surface area contributed by atoms with Crippen molar-refractivity contribution in [2.24, 2.45) is 5.92 Å². The number of carbonyl (C=O) groups excluding carboxylic acids is 2. The fraction of sp³-hybridized carbons (Fsp3) is 0.565. The number of nitrogens with one attached hydrogen (secondary N) is 1. The first-order valence-electron chi connectivity index (χ1n) is 11.0. The van der Waals surface area contributed by atoms with Gasteiger partial charge in [0.1, 0.15) is 5.01 Å². The predicted molar refractivity (Wildman–Crippen MR) is 120 cm³/mol. The van der Waals surface area contributed by atoms with Gasteiger partial charge in [0.05, 0.1) is 0 Å². The fourth-order valence-electron chi connectivity index (χ4n) is 4.46. The van der Waals surface area contributed by atoms with Crippen molar-refractivity contribution in [3.8, 4) is 0 Å². The zero-order valence-electron chi connectivity index (χ0n) is 17.8. The van der Waals surface area contributed by atoms with Crippen LogP contribution in [0.1, 0.15) is 73.4 Å². The van der Waals surface area contributed by atoms with Crippen LogP contribution in [0.25, 0.3) is 0 Å². The summed E-state index contributed by atoms with van der Waals surface area (Å²) in [5.41, 5.74) is 3.33. The summed E-state index contributed by atoms with van der Waals surface area (Å²) in [5, 5.41) is 12.7. The molecule has 1 aromatic carbocycles. The molecule has 0 spiro atoms. The van der Waals surface area contributed by atoms with E-state index in [-0.39, 0.29) is 17.7 Å². The summed E-state index contributed by atoms with van der Waals surface area (Å²) in [6, 6.07) is 6.12. The Morgan fingerprint density at radius 2 is 1.97 bits per heavy atom. The number of carbonyl (C=O) groups is 2. The average molecular weight is 427 g/mol. The maximum Gasteiger partial charge on any atom is 0.227 e. The summed E-state index contributed by atoms with van der Waals surface area (Å²) >= 11 is 1.39. The molecular weight excluding hydrogens is 396 g/mol. The van der Waals surface area contributed by atoms with Crippen molar-refractivity contribution in [1.29, 1.82) is 0 Å². The maximum atomic E-state index is 12.6. The van der Waals surface area contributed by atoms with Gasteiger partial charge in [-0.2, -0.15) is 0 Å². The van der Waals surface area contributed by atoms with Crippen LogP contribution in [0.3, 0.4) is 0 Å². The Kier molecular flexibility index (Phi) is 6.46. The van der Waals surface area contributed by atoms with Crippen molar-refractivity contribution in [2.45, 2.75) is 71.1 Å². The Morgan fingerprint density at radius 3 is 2.73 bits per heavy atom. The standard InChI is InChI=1S/C23H30N4O2S/c1-15-8-10-19(12-16(15)2)27-14-18(13-21(27)29)22-25-26-23(30-22)24-20(28)11-9-17-6-4-3-5-7-17/h8,10,12,17-18H,3-7,9,11,13-14H2,1-2H3,(H,24,26,28). The molecule has 6 nitrogen and oxygen atoms in total. The normalized spacial score (nSPS) is 20.0. The first kappa shape index (κ1) is 21.0. The Balaban J connectivity index is 1.32. The highest BCUT2D eigenvalue weighted by atomic mass is 32.1. The number of hydrogen-bond acceptors (Lipinski definition) is 5. The molecule has 0 radical (unpaired) electrons. The quantitative estimate of drug-likeness (QED) is 0.707. The number of anilines is 2. The second-order valence-corrected chi connectivity index (χ2v) is 9.72. The third kappa shape index (κ3) is 4.89. The van der Waals surface area contributed by atoms with Gasteiger partial charge in [-0.3, -0.25) is 9.59 Å². The van der Waals surface area contributed by atoms with Gasteiger partial charge in [-0.15, -0.1) is 10.2 Å². The molecule has 0 bridgehead atoms. The van der Waals surface area contributed by atoms with Crippen LogP contribution in [0.15, 0.2) is 18.2 Å². The minimum absolute atomic E-state index is 0.0162. The van der Waals surface area contributed by atoms with Gasteiger partial charge in [0.25, 0.3) is 0 Å². The smallest absolute Gasteiger partial charge is 0.227 e. The van der Waals surface area contributed by atoms with Gasteiger partial charge >= 0.3 is 0 Å². The summed E-state index contributed by atoms with van der Waals surface area (Å²) in [7, 11) is 0. The Hall–Kier alpha value is -2.28. The van der Waals surface area contributed by atoms with Crippen molar-refractivity contribution >= 4 is 34.0 Å². The zero-order chi connectivity index (χ0) is 21.1. The van der Waals surface area contributed by atoms with Crippen molar-refractivity contribution in [3.63, 3.8) is 0 Å². The number of hydrogen-bond donors (Lipinski definition) is 1. The highest BCUT2D eigenvalue weighted by molar-refractivity contribution is 7.15. The number of rotatable bonds is 6. The first-order chi connectivity index (χ1) is 14.5. The lowest BCUT2D eigenvalue weighted by Gasteiger charge is -2.20. The minimum atomic E-state index is 0.0162. The van der Waals surface area contributed by atoms with E-state index in [1.165, 1.54) is 54.6 Å². The second-order valence-electron chi connectivity index (χ2n) is 8.71. The molecule has 4 rings (SSSR count). The second kappa shape index (κ2) is 9.25. The van der Waals surface area contributed by atoms with Crippen LogP contribution in [-0.2, 0) is 9.59 Å². The molecule has 1 saturated heterocycles. The largest absolute Gasteiger partial charge is 0.312 e. The van der Waals surface area contributed by atoms with E-state index in [9.17, 15) is 9.59 Å². The molecule has 1 N–H and O–H groups in total. The van der Waals surface area contributed by atoms with Gasteiger partial charge in [0, 0.05) is 31.0 Å². The maximum absolute atomic E-state index is 12.6. The predicted octanol–water partition coefficient (Wildman–Crippen LogP) is 4.97. The van der Waals surface area contributed by atoms with Crippen molar-refractivity contribution in [3.05, 3.63) is 34.3 Å². The van der Waals surface area contributed by atoms with Crippen molar-refractivity contribution in [2.75, 3.05) is 16.8 Å². The van der Waals surface area contributed by atoms with E-state index < -0.39 is 0 Å². The van der Waals surface area contributed by atoms with E-state index in [4.69, 9.17) is 0 Å². The highest BCUT2D eigenvalue weighted by Crippen LogP contribution is 2.35. The van der Waals surface area contributed by atoms with Crippen LogP contribution in [0.2, 0.25) is 0 Å². The molecular formula is C23H30N4O2S. The molecule has 30 heavy (non-hydrogen) atoms. The van der Waals surface area contributed by atoms with Gasteiger partial charge in [-0.25, -0.2) is 0 Å². The molecule has 7 heteroatoms. The van der Waals surface area contributed by atoms with Gasteiger partial charge in [-0.1, -0.05) is 49.5 Å². The lowest BCUT2D eigenvalue weighted by atomic mass is 9.86. The molecule has 2 fully saturated rings. The van der Waals surface area contributed by atoms with Crippen LogP contribution in [0.4, 0.5) is 10.8 Å². The molecule has 2 heterocycles. The number of aromatic nitrogens is 2. The fourth-order valence-corrected chi connectivity index (χ4v) is 5.31. The van der Waals surface area contributed by atoms with E-state index in [1.807, 2.05) is 11.0 Å².